The highest BCUT2D eigenvalue weighted by atomic mass is 127. The topological polar surface area (TPSA) is 17.1 Å². The summed E-state index contributed by atoms with van der Waals surface area (Å²) in [5.74, 6) is 5.94. The highest BCUT2D eigenvalue weighted by Crippen LogP contribution is 2.69. The van der Waals surface area contributed by atoms with Gasteiger partial charge in [-0.15, -0.1) is 0 Å². The molecule has 0 heterocycles. The van der Waals surface area contributed by atoms with Crippen LogP contribution in [0.25, 0.3) is 0 Å². The summed E-state index contributed by atoms with van der Waals surface area (Å²) in [5.41, 5.74) is 0.852. The van der Waals surface area contributed by atoms with Gasteiger partial charge >= 0.3 is 0 Å². The second kappa shape index (κ2) is 7.83. The molecule has 2 heteroatoms. The maximum Gasteiger partial charge on any atom is 0.139 e. The standard InChI is InChI=1S/C26H43IO/c1-6-18-22-15-16(2)9-12-26(22,5)21-10-13-25(4)19(17(3)11-14-27)7-8-20(25)23(21)24(18)28/h16-23H,6-15H2,1-5H3/t16-,17-,18-,19-,20?,21?,22+,23?,25-,26-/m1/s1. The second-order valence-corrected chi connectivity index (χ2v) is 12.9. The molecule has 28 heavy (non-hydrogen) atoms. The predicted molar refractivity (Wildman–Crippen MR) is 127 cm³/mol. The van der Waals surface area contributed by atoms with Gasteiger partial charge in [-0.05, 0) is 102 Å². The van der Waals surface area contributed by atoms with E-state index in [0.29, 0.717) is 46.2 Å². The third kappa shape index (κ3) is 3.08. The van der Waals surface area contributed by atoms with Crippen molar-refractivity contribution in [3.63, 3.8) is 0 Å². The monoisotopic (exact) mass is 498 g/mol. The van der Waals surface area contributed by atoms with Crippen molar-refractivity contribution < 1.29 is 4.79 Å². The van der Waals surface area contributed by atoms with Crippen LogP contribution in [0.3, 0.4) is 0 Å². The normalized spacial score (nSPS) is 51.9. The van der Waals surface area contributed by atoms with Crippen molar-refractivity contribution in [1.29, 1.82) is 0 Å². The van der Waals surface area contributed by atoms with Gasteiger partial charge in [-0.1, -0.05) is 63.6 Å². The molecule has 0 aliphatic heterocycles. The molecule has 0 bridgehead atoms. The van der Waals surface area contributed by atoms with Crippen molar-refractivity contribution >= 4 is 28.4 Å². The fraction of sp³-hybridized carbons (Fsp3) is 0.962. The number of Topliss-reactive ketones (excluding diaryl/α,β-unsaturated/α-hetero) is 1. The van der Waals surface area contributed by atoms with E-state index in [1.165, 1.54) is 55.8 Å². The Balaban J connectivity index is 1.68. The summed E-state index contributed by atoms with van der Waals surface area (Å²) in [5, 5.41) is 0. The van der Waals surface area contributed by atoms with Crippen LogP contribution in [0.15, 0.2) is 0 Å². The van der Waals surface area contributed by atoms with Crippen molar-refractivity contribution in [2.24, 2.45) is 58.2 Å². The van der Waals surface area contributed by atoms with Crippen LogP contribution in [0.2, 0.25) is 0 Å². The molecule has 3 unspecified atom stereocenters. The molecular weight excluding hydrogens is 455 g/mol. The summed E-state index contributed by atoms with van der Waals surface area (Å²) in [7, 11) is 0. The smallest absolute Gasteiger partial charge is 0.139 e. The Bertz CT molecular complexity index is 601. The van der Waals surface area contributed by atoms with Gasteiger partial charge in [0.25, 0.3) is 0 Å². The van der Waals surface area contributed by atoms with Crippen molar-refractivity contribution in [2.75, 3.05) is 4.43 Å². The lowest BCUT2D eigenvalue weighted by Crippen LogP contribution is -2.60. The van der Waals surface area contributed by atoms with E-state index >= 15 is 0 Å². The maximum absolute atomic E-state index is 14.0. The number of hydrogen-bond acceptors (Lipinski definition) is 1. The van der Waals surface area contributed by atoms with E-state index in [2.05, 4.69) is 57.2 Å². The Morgan fingerprint density at radius 2 is 1.71 bits per heavy atom. The molecular formula is C26H43IO. The number of ketones is 1. The average molecular weight is 499 g/mol. The summed E-state index contributed by atoms with van der Waals surface area (Å²) in [4.78, 5) is 14.0. The molecule has 4 aliphatic carbocycles. The summed E-state index contributed by atoms with van der Waals surface area (Å²) in [6.45, 7) is 12.4. The van der Waals surface area contributed by atoms with Crippen LogP contribution in [0.1, 0.15) is 92.4 Å². The Labute approximate surface area is 187 Å². The first-order chi connectivity index (χ1) is 13.3. The maximum atomic E-state index is 14.0. The molecule has 1 nitrogen and oxygen atoms in total. The number of alkyl halides is 1. The van der Waals surface area contributed by atoms with Gasteiger partial charge in [-0.2, -0.15) is 0 Å². The molecule has 0 spiro atoms. The van der Waals surface area contributed by atoms with Gasteiger partial charge in [0, 0.05) is 11.8 Å². The molecule has 0 aromatic heterocycles. The highest BCUT2D eigenvalue weighted by Gasteiger charge is 2.64. The van der Waals surface area contributed by atoms with Crippen molar-refractivity contribution in [2.45, 2.75) is 92.4 Å². The third-order valence-corrected chi connectivity index (χ3v) is 11.4. The SMILES string of the molecule is CC[C@H]1C(=O)C2C3CC[C@H]([C@H](C)CCI)[C@@]3(C)CCC2[C@@]2(C)CC[C@@H](C)C[C@@H]12. The summed E-state index contributed by atoms with van der Waals surface area (Å²) < 4.78 is 1.27. The number of halogens is 1. The van der Waals surface area contributed by atoms with Gasteiger partial charge in [0.2, 0.25) is 0 Å². The molecule has 4 fully saturated rings. The number of fused-ring (bicyclic) bond motifs is 5. The Morgan fingerprint density at radius 3 is 2.39 bits per heavy atom. The first-order valence-electron chi connectivity index (χ1n) is 12.4. The van der Waals surface area contributed by atoms with Gasteiger partial charge in [0.05, 0.1) is 0 Å². The fourth-order valence-corrected chi connectivity index (χ4v) is 10.2. The van der Waals surface area contributed by atoms with Crippen LogP contribution in [0.4, 0.5) is 0 Å². The highest BCUT2D eigenvalue weighted by molar-refractivity contribution is 14.1. The van der Waals surface area contributed by atoms with Crippen molar-refractivity contribution in [3.8, 4) is 0 Å². The minimum absolute atomic E-state index is 0.349. The van der Waals surface area contributed by atoms with Crippen LogP contribution in [-0.4, -0.2) is 10.2 Å². The number of carbonyl (C=O) groups excluding carboxylic acids is 1. The van der Waals surface area contributed by atoms with Gasteiger partial charge in [0.15, 0.2) is 0 Å². The summed E-state index contributed by atoms with van der Waals surface area (Å²) in [6, 6.07) is 0. The molecule has 4 rings (SSSR count). The van der Waals surface area contributed by atoms with Crippen LogP contribution >= 0.6 is 22.6 Å². The molecule has 4 aliphatic rings. The van der Waals surface area contributed by atoms with Crippen molar-refractivity contribution in [1.82, 2.24) is 0 Å². The summed E-state index contributed by atoms with van der Waals surface area (Å²) in [6.07, 6.45) is 11.9. The molecule has 160 valence electrons. The Hall–Kier alpha value is 0.400. The zero-order valence-electron chi connectivity index (χ0n) is 19.0. The summed E-state index contributed by atoms with van der Waals surface area (Å²) >= 11 is 2.55. The third-order valence-electron chi connectivity index (χ3n) is 10.7. The zero-order chi connectivity index (χ0) is 20.3. The van der Waals surface area contributed by atoms with E-state index in [1.807, 2.05) is 0 Å². The molecule has 4 saturated carbocycles. The van der Waals surface area contributed by atoms with E-state index in [1.54, 1.807) is 0 Å². The molecule has 0 saturated heterocycles. The minimum Gasteiger partial charge on any atom is -0.299 e. The molecule has 0 N–H and O–H groups in total. The van der Waals surface area contributed by atoms with Crippen LogP contribution in [0.5, 0.6) is 0 Å². The average Bonchev–Trinajstić information content (AvgIpc) is 3.01. The predicted octanol–water partition coefficient (Wildman–Crippen LogP) is 7.56. The second-order valence-electron chi connectivity index (χ2n) is 11.8. The zero-order valence-corrected chi connectivity index (χ0v) is 21.1. The molecule has 0 amide bonds. The van der Waals surface area contributed by atoms with E-state index in [9.17, 15) is 4.79 Å². The van der Waals surface area contributed by atoms with Gasteiger partial charge in [-0.25, -0.2) is 0 Å². The number of rotatable bonds is 4. The molecule has 0 radical (unpaired) electrons. The van der Waals surface area contributed by atoms with Gasteiger partial charge in [0.1, 0.15) is 5.78 Å². The first-order valence-corrected chi connectivity index (χ1v) is 13.9. The quantitative estimate of drug-likeness (QED) is 0.289. The minimum atomic E-state index is 0.349. The first kappa shape index (κ1) is 21.6. The van der Waals surface area contributed by atoms with Crippen LogP contribution in [-0.2, 0) is 4.79 Å². The lowest BCUT2D eigenvalue weighted by Gasteiger charge is -2.62. The number of hydrogen-bond donors (Lipinski definition) is 0. The van der Waals surface area contributed by atoms with Crippen molar-refractivity contribution in [3.05, 3.63) is 0 Å². The van der Waals surface area contributed by atoms with E-state index in [0.717, 1.165) is 24.2 Å². The van der Waals surface area contributed by atoms with E-state index < -0.39 is 0 Å². The molecule has 0 aromatic rings. The Morgan fingerprint density at radius 1 is 1.04 bits per heavy atom. The van der Waals surface area contributed by atoms with Gasteiger partial charge in [-0.3, -0.25) is 4.79 Å². The Kier molecular flexibility index (Phi) is 6.04. The lowest BCUT2D eigenvalue weighted by atomic mass is 9.41. The molecule has 10 atom stereocenters. The molecule has 0 aromatic carbocycles. The van der Waals surface area contributed by atoms with E-state index in [4.69, 9.17) is 0 Å². The van der Waals surface area contributed by atoms with Crippen LogP contribution in [0, 0.1) is 58.2 Å². The fourth-order valence-electron chi connectivity index (χ4n) is 9.20. The van der Waals surface area contributed by atoms with Gasteiger partial charge < -0.3 is 0 Å². The van der Waals surface area contributed by atoms with E-state index in [-0.39, 0.29) is 0 Å². The largest absolute Gasteiger partial charge is 0.299 e. The lowest BCUT2D eigenvalue weighted by molar-refractivity contribution is -0.170. The van der Waals surface area contributed by atoms with Crippen LogP contribution < -0.4 is 0 Å². The number of carbonyl (C=O) groups is 1.